The molecule has 0 aliphatic carbocycles. The number of benzene rings is 1. The number of aryl methyl sites for hydroxylation is 1. The smallest absolute Gasteiger partial charge is 0.279 e. The van der Waals surface area contributed by atoms with Crippen LogP contribution in [0.3, 0.4) is 0 Å². The molecule has 0 saturated heterocycles. The molecule has 1 aromatic rings. The number of carbonyl (C=O) groups excluding carboxylic acids is 1. The van der Waals surface area contributed by atoms with Gasteiger partial charge in [0, 0.05) is 5.56 Å². The third kappa shape index (κ3) is 2.13. The van der Waals surface area contributed by atoms with Gasteiger partial charge in [0.15, 0.2) is 0 Å². The van der Waals surface area contributed by atoms with Crippen molar-refractivity contribution in [3.8, 4) is 0 Å². The van der Waals surface area contributed by atoms with Crippen LogP contribution in [0.1, 0.15) is 15.9 Å². The molecule has 0 heterocycles. The van der Waals surface area contributed by atoms with Crippen LogP contribution in [0.15, 0.2) is 24.3 Å². The first-order chi connectivity index (χ1) is 5.93. The first-order valence-electron chi connectivity index (χ1n) is 3.50. The van der Waals surface area contributed by atoms with Crippen LogP contribution in [0.4, 0.5) is 0 Å². The van der Waals surface area contributed by atoms with E-state index in [1.54, 1.807) is 19.1 Å². The van der Waals surface area contributed by atoms with Gasteiger partial charge in [0.05, 0.1) is 0 Å². The highest BCUT2D eigenvalue weighted by atomic mass is 32.2. The molecule has 0 atom stereocenters. The molecule has 0 saturated carbocycles. The van der Waals surface area contributed by atoms with E-state index in [9.17, 15) is 13.2 Å². The summed E-state index contributed by atoms with van der Waals surface area (Å²) < 4.78 is 29.5. The van der Waals surface area contributed by atoms with Gasteiger partial charge in [-0.15, -0.1) is 0 Å². The Balaban J connectivity index is 3.26. The minimum absolute atomic E-state index is 0.00463. The summed E-state index contributed by atoms with van der Waals surface area (Å²) in [6.07, 6.45) is 0. The summed E-state index contributed by atoms with van der Waals surface area (Å²) in [5.74, 6) is 0. The van der Waals surface area contributed by atoms with Crippen LogP contribution >= 0.6 is 0 Å². The van der Waals surface area contributed by atoms with E-state index in [4.69, 9.17) is 4.55 Å². The van der Waals surface area contributed by atoms with Gasteiger partial charge in [0.1, 0.15) is 0 Å². The standard InChI is InChI=1S/C8H8O4S/c1-6-4-2-3-5-7(6)8(9)13(10,11)12/h2-5H,1H3,(H,10,11,12). The lowest BCUT2D eigenvalue weighted by molar-refractivity contribution is 0.106. The van der Waals surface area contributed by atoms with Crippen molar-refractivity contribution in [2.24, 2.45) is 0 Å². The number of hydrogen-bond donors (Lipinski definition) is 1. The van der Waals surface area contributed by atoms with Crippen LogP contribution in [0.5, 0.6) is 0 Å². The van der Waals surface area contributed by atoms with Crippen molar-refractivity contribution < 1.29 is 17.8 Å². The normalized spacial score (nSPS) is 11.2. The van der Waals surface area contributed by atoms with E-state index >= 15 is 0 Å². The molecule has 0 aliphatic heterocycles. The summed E-state index contributed by atoms with van der Waals surface area (Å²) in [6.45, 7) is 1.60. The summed E-state index contributed by atoms with van der Waals surface area (Å²) in [5.41, 5.74) is 0.523. The van der Waals surface area contributed by atoms with Crippen LogP contribution in [-0.2, 0) is 10.1 Å². The van der Waals surface area contributed by atoms with E-state index in [-0.39, 0.29) is 5.56 Å². The van der Waals surface area contributed by atoms with Gasteiger partial charge in [-0.3, -0.25) is 9.35 Å². The molecule has 70 valence electrons. The van der Waals surface area contributed by atoms with Crippen molar-refractivity contribution in [2.45, 2.75) is 6.92 Å². The predicted octanol–water partition coefficient (Wildman–Crippen LogP) is 1.02. The fraction of sp³-hybridized carbons (Fsp3) is 0.125. The van der Waals surface area contributed by atoms with Gasteiger partial charge < -0.3 is 0 Å². The summed E-state index contributed by atoms with van der Waals surface area (Å²) in [5, 5.41) is -1.26. The van der Waals surface area contributed by atoms with Gasteiger partial charge >= 0.3 is 15.2 Å². The zero-order valence-electron chi connectivity index (χ0n) is 6.89. The maximum Gasteiger partial charge on any atom is 0.333 e. The molecule has 0 bridgehead atoms. The Kier molecular flexibility index (Phi) is 2.49. The highest BCUT2D eigenvalue weighted by Crippen LogP contribution is 2.10. The van der Waals surface area contributed by atoms with E-state index in [1.807, 2.05) is 0 Å². The van der Waals surface area contributed by atoms with Crippen molar-refractivity contribution in [1.82, 2.24) is 0 Å². The van der Waals surface area contributed by atoms with E-state index in [0.717, 1.165) is 0 Å². The minimum Gasteiger partial charge on any atom is -0.279 e. The second kappa shape index (κ2) is 3.27. The average Bonchev–Trinajstić information content (AvgIpc) is 2.02. The lowest BCUT2D eigenvalue weighted by Crippen LogP contribution is -2.14. The third-order valence-corrected chi connectivity index (χ3v) is 2.29. The number of carbonyl (C=O) groups is 1. The van der Waals surface area contributed by atoms with Crippen molar-refractivity contribution >= 4 is 15.2 Å². The Hall–Kier alpha value is -1.20. The molecule has 5 heteroatoms. The third-order valence-electron chi connectivity index (χ3n) is 1.60. The predicted molar refractivity (Wildman–Crippen MR) is 47.1 cm³/mol. The Morgan fingerprint density at radius 1 is 1.31 bits per heavy atom. The molecule has 1 rings (SSSR count). The molecule has 13 heavy (non-hydrogen) atoms. The first kappa shape index (κ1) is 9.88. The van der Waals surface area contributed by atoms with Gasteiger partial charge in [0.25, 0.3) is 0 Å². The second-order valence-electron chi connectivity index (χ2n) is 2.58. The number of rotatable bonds is 1. The van der Waals surface area contributed by atoms with Crippen LogP contribution in [0.2, 0.25) is 0 Å². The SMILES string of the molecule is Cc1ccccc1C(=O)S(=O)(=O)O. The van der Waals surface area contributed by atoms with Crippen molar-refractivity contribution in [3.63, 3.8) is 0 Å². The lowest BCUT2D eigenvalue weighted by Gasteiger charge is -2.00. The monoisotopic (exact) mass is 200 g/mol. The van der Waals surface area contributed by atoms with Crippen molar-refractivity contribution in [2.75, 3.05) is 0 Å². The molecule has 0 aromatic heterocycles. The molecule has 0 radical (unpaired) electrons. The first-order valence-corrected chi connectivity index (χ1v) is 4.94. The van der Waals surface area contributed by atoms with Gasteiger partial charge in [0.2, 0.25) is 0 Å². The van der Waals surface area contributed by atoms with Crippen LogP contribution in [-0.4, -0.2) is 18.1 Å². The molecule has 0 amide bonds. The minimum atomic E-state index is -4.62. The van der Waals surface area contributed by atoms with Gasteiger partial charge in [-0.2, -0.15) is 8.42 Å². The molecule has 0 spiro atoms. The van der Waals surface area contributed by atoms with E-state index in [1.165, 1.54) is 12.1 Å². The topological polar surface area (TPSA) is 71.4 Å². The quantitative estimate of drug-likeness (QED) is 0.687. The number of hydrogen-bond acceptors (Lipinski definition) is 3. The Morgan fingerprint density at radius 3 is 2.31 bits per heavy atom. The Morgan fingerprint density at radius 2 is 1.85 bits per heavy atom. The molecule has 0 aliphatic rings. The molecule has 1 aromatic carbocycles. The Bertz CT molecular complexity index is 433. The summed E-state index contributed by atoms with van der Waals surface area (Å²) in [4.78, 5) is 11.0. The lowest BCUT2D eigenvalue weighted by atomic mass is 10.1. The fourth-order valence-electron chi connectivity index (χ4n) is 0.941. The van der Waals surface area contributed by atoms with Gasteiger partial charge in [-0.1, -0.05) is 18.2 Å². The maximum absolute atomic E-state index is 11.0. The maximum atomic E-state index is 11.0. The molecule has 4 nitrogen and oxygen atoms in total. The zero-order valence-corrected chi connectivity index (χ0v) is 7.71. The van der Waals surface area contributed by atoms with Crippen LogP contribution in [0.25, 0.3) is 0 Å². The summed E-state index contributed by atoms with van der Waals surface area (Å²) in [6, 6.07) is 6.16. The van der Waals surface area contributed by atoms with Gasteiger partial charge in [-0.25, -0.2) is 0 Å². The average molecular weight is 200 g/mol. The fourth-order valence-corrected chi connectivity index (χ4v) is 1.45. The highest BCUT2D eigenvalue weighted by molar-refractivity contribution is 8.01. The van der Waals surface area contributed by atoms with E-state index in [2.05, 4.69) is 0 Å². The Labute approximate surface area is 76.0 Å². The molecular weight excluding hydrogens is 192 g/mol. The molecule has 0 fully saturated rings. The van der Waals surface area contributed by atoms with Crippen molar-refractivity contribution in [1.29, 1.82) is 0 Å². The molecular formula is C8H8O4S. The molecule has 0 unspecified atom stereocenters. The largest absolute Gasteiger partial charge is 0.333 e. The van der Waals surface area contributed by atoms with Crippen molar-refractivity contribution in [3.05, 3.63) is 35.4 Å². The van der Waals surface area contributed by atoms with Crippen LogP contribution < -0.4 is 0 Å². The summed E-state index contributed by atoms with van der Waals surface area (Å²) >= 11 is 0. The zero-order chi connectivity index (χ0) is 10.1. The second-order valence-corrected chi connectivity index (χ2v) is 3.90. The van der Waals surface area contributed by atoms with E-state index in [0.29, 0.717) is 5.56 Å². The van der Waals surface area contributed by atoms with E-state index < -0.39 is 15.2 Å². The molecule has 1 N–H and O–H groups in total. The van der Waals surface area contributed by atoms with Gasteiger partial charge in [-0.05, 0) is 18.6 Å². The highest BCUT2D eigenvalue weighted by Gasteiger charge is 2.21. The summed E-state index contributed by atoms with van der Waals surface area (Å²) in [7, 11) is -4.62. The van der Waals surface area contributed by atoms with Crippen LogP contribution in [0, 0.1) is 6.92 Å².